The molecule has 6 heteroatoms. The number of halogens is 2. The Kier molecular flexibility index (Phi) is 5.30. The molecule has 1 heterocycles. The van der Waals surface area contributed by atoms with E-state index in [4.69, 9.17) is 0 Å². The van der Waals surface area contributed by atoms with Crippen molar-refractivity contribution in [3.05, 3.63) is 65.2 Å². The second kappa shape index (κ2) is 7.64. The van der Waals surface area contributed by atoms with Crippen LogP contribution in [-0.4, -0.2) is 18.4 Å². The van der Waals surface area contributed by atoms with Crippen molar-refractivity contribution in [3.8, 4) is 0 Å². The number of anilines is 1. The molecule has 0 spiro atoms. The number of rotatable bonds is 5. The van der Waals surface area contributed by atoms with Gasteiger partial charge in [-0.2, -0.15) is 0 Å². The lowest BCUT2D eigenvalue weighted by atomic mass is 10.1. The number of nitrogens with one attached hydrogen (secondary N) is 1. The fraction of sp³-hybridized carbons (Fsp3) is 0.300. The van der Waals surface area contributed by atoms with E-state index in [-0.39, 0.29) is 18.2 Å². The highest BCUT2D eigenvalue weighted by Gasteiger charge is 2.21. The lowest BCUT2D eigenvalue weighted by Crippen LogP contribution is -2.28. The van der Waals surface area contributed by atoms with Gasteiger partial charge in [0.2, 0.25) is 11.8 Å². The van der Waals surface area contributed by atoms with Gasteiger partial charge in [0.15, 0.2) is 11.6 Å². The number of carbonyl (C=O) groups excluding carboxylic acids is 2. The van der Waals surface area contributed by atoms with Crippen LogP contribution in [0.4, 0.5) is 14.5 Å². The van der Waals surface area contributed by atoms with E-state index in [0.717, 1.165) is 36.3 Å². The van der Waals surface area contributed by atoms with Gasteiger partial charge >= 0.3 is 0 Å². The smallest absolute Gasteiger partial charge is 0.227 e. The van der Waals surface area contributed by atoms with E-state index >= 15 is 0 Å². The van der Waals surface area contributed by atoms with Gasteiger partial charge in [-0.15, -0.1) is 0 Å². The highest BCUT2D eigenvalue weighted by molar-refractivity contribution is 5.95. The third-order valence-corrected chi connectivity index (χ3v) is 4.51. The number of carbonyl (C=O) groups is 2. The molecule has 1 N–H and O–H groups in total. The van der Waals surface area contributed by atoms with Crippen LogP contribution in [0.5, 0.6) is 0 Å². The van der Waals surface area contributed by atoms with Gasteiger partial charge in [0, 0.05) is 18.7 Å². The topological polar surface area (TPSA) is 49.4 Å². The molecule has 4 nitrogen and oxygen atoms in total. The number of hydrogen-bond donors (Lipinski definition) is 1. The van der Waals surface area contributed by atoms with Crippen molar-refractivity contribution >= 4 is 17.5 Å². The summed E-state index contributed by atoms with van der Waals surface area (Å²) in [6.45, 7) is 2.44. The summed E-state index contributed by atoms with van der Waals surface area (Å²) in [6.07, 6.45) is 1.61. The Hall–Kier alpha value is -2.76. The second-order valence-electron chi connectivity index (χ2n) is 6.45. The van der Waals surface area contributed by atoms with E-state index in [9.17, 15) is 18.4 Å². The first kappa shape index (κ1) is 18.0. The molecule has 2 aromatic carbocycles. The monoisotopic (exact) mass is 358 g/mol. The zero-order chi connectivity index (χ0) is 18.7. The van der Waals surface area contributed by atoms with E-state index in [2.05, 4.69) is 5.32 Å². The lowest BCUT2D eigenvalue weighted by molar-refractivity contribution is -0.121. The zero-order valence-corrected chi connectivity index (χ0v) is 14.5. The van der Waals surface area contributed by atoms with Crippen molar-refractivity contribution in [2.45, 2.75) is 32.2 Å². The van der Waals surface area contributed by atoms with Gasteiger partial charge in [0.1, 0.15) is 0 Å². The summed E-state index contributed by atoms with van der Waals surface area (Å²) in [5.74, 6) is -1.94. The van der Waals surface area contributed by atoms with E-state index in [1.54, 1.807) is 11.8 Å². The van der Waals surface area contributed by atoms with Crippen LogP contribution in [-0.2, 0) is 16.0 Å². The molecule has 0 saturated carbocycles. The molecule has 2 amide bonds. The summed E-state index contributed by atoms with van der Waals surface area (Å²) in [6, 6.07) is 10.5. The minimum absolute atomic E-state index is 0.121. The molecular formula is C20H20F2N2O2. The van der Waals surface area contributed by atoms with Crippen LogP contribution in [0.2, 0.25) is 0 Å². The van der Waals surface area contributed by atoms with Crippen LogP contribution in [0.25, 0.3) is 0 Å². The molecule has 0 bridgehead atoms. The lowest BCUT2D eigenvalue weighted by Gasteiger charge is -2.17. The first-order valence-electron chi connectivity index (χ1n) is 8.57. The molecular weight excluding hydrogens is 338 g/mol. The Morgan fingerprint density at radius 3 is 2.50 bits per heavy atom. The minimum atomic E-state index is -0.935. The summed E-state index contributed by atoms with van der Waals surface area (Å²) in [4.78, 5) is 25.7. The Labute approximate surface area is 150 Å². The molecule has 0 radical (unpaired) electrons. The SMILES string of the molecule is C[C@@H](NC(=O)Cc1ccc(N2CCCC2=O)cc1)c1ccc(F)c(F)c1. The maximum Gasteiger partial charge on any atom is 0.227 e. The molecule has 0 aromatic heterocycles. The first-order valence-corrected chi connectivity index (χ1v) is 8.57. The van der Waals surface area contributed by atoms with Gasteiger partial charge in [-0.05, 0) is 48.7 Å². The van der Waals surface area contributed by atoms with Gasteiger partial charge in [0.05, 0.1) is 12.5 Å². The quantitative estimate of drug-likeness (QED) is 0.889. The van der Waals surface area contributed by atoms with Crippen molar-refractivity contribution in [3.63, 3.8) is 0 Å². The Balaban J connectivity index is 1.59. The fourth-order valence-electron chi connectivity index (χ4n) is 3.06. The molecule has 1 fully saturated rings. The molecule has 1 saturated heterocycles. The van der Waals surface area contributed by atoms with Crippen LogP contribution in [0.3, 0.4) is 0 Å². The molecule has 1 aliphatic rings. The number of amides is 2. The summed E-state index contributed by atoms with van der Waals surface area (Å²) in [7, 11) is 0. The molecule has 136 valence electrons. The van der Waals surface area contributed by atoms with Gasteiger partial charge in [-0.25, -0.2) is 8.78 Å². The summed E-state index contributed by atoms with van der Waals surface area (Å²) in [5.41, 5.74) is 2.15. The Bertz CT molecular complexity index is 821. The standard InChI is InChI=1S/C20H20F2N2O2/c1-13(15-6-9-17(21)18(22)12-15)23-19(25)11-14-4-7-16(8-5-14)24-10-2-3-20(24)26/h4-9,12-13H,2-3,10-11H2,1H3,(H,23,25)/t13-/m1/s1. The van der Waals surface area contributed by atoms with Crippen LogP contribution < -0.4 is 10.2 Å². The number of benzene rings is 2. The first-order chi connectivity index (χ1) is 12.4. The zero-order valence-electron chi connectivity index (χ0n) is 14.5. The largest absolute Gasteiger partial charge is 0.349 e. The van der Waals surface area contributed by atoms with Crippen molar-refractivity contribution in [2.24, 2.45) is 0 Å². The third kappa shape index (κ3) is 4.07. The molecule has 1 aliphatic heterocycles. The summed E-state index contributed by atoms with van der Waals surface area (Å²) >= 11 is 0. The molecule has 1 atom stereocenters. The van der Waals surface area contributed by atoms with Crippen molar-refractivity contribution in [2.75, 3.05) is 11.4 Å². The Morgan fingerprint density at radius 2 is 1.88 bits per heavy atom. The van der Waals surface area contributed by atoms with E-state index < -0.39 is 17.7 Å². The van der Waals surface area contributed by atoms with Crippen LogP contribution in [0.1, 0.15) is 36.9 Å². The van der Waals surface area contributed by atoms with Crippen LogP contribution >= 0.6 is 0 Å². The highest BCUT2D eigenvalue weighted by Crippen LogP contribution is 2.22. The van der Waals surface area contributed by atoms with Crippen LogP contribution in [0, 0.1) is 11.6 Å². The molecule has 26 heavy (non-hydrogen) atoms. The van der Waals surface area contributed by atoms with E-state index in [1.165, 1.54) is 6.07 Å². The summed E-state index contributed by atoms with van der Waals surface area (Å²) < 4.78 is 26.3. The number of nitrogens with zero attached hydrogens (tertiary/aromatic N) is 1. The molecule has 0 aliphatic carbocycles. The van der Waals surface area contributed by atoms with Crippen molar-refractivity contribution < 1.29 is 18.4 Å². The minimum Gasteiger partial charge on any atom is -0.349 e. The van der Waals surface area contributed by atoms with Crippen molar-refractivity contribution in [1.29, 1.82) is 0 Å². The Morgan fingerprint density at radius 1 is 1.15 bits per heavy atom. The normalized spacial score (nSPS) is 15.2. The molecule has 0 unspecified atom stereocenters. The predicted octanol–water partition coefficient (Wildman–Crippen LogP) is 3.51. The average molecular weight is 358 g/mol. The third-order valence-electron chi connectivity index (χ3n) is 4.51. The van der Waals surface area contributed by atoms with Gasteiger partial charge < -0.3 is 10.2 Å². The maximum atomic E-state index is 13.3. The van der Waals surface area contributed by atoms with Crippen LogP contribution in [0.15, 0.2) is 42.5 Å². The average Bonchev–Trinajstić information content (AvgIpc) is 3.04. The van der Waals surface area contributed by atoms with Gasteiger partial charge in [-0.3, -0.25) is 9.59 Å². The number of hydrogen-bond acceptors (Lipinski definition) is 2. The fourth-order valence-corrected chi connectivity index (χ4v) is 3.06. The van der Waals surface area contributed by atoms with Gasteiger partial charge in [0.25, 0.3) is 0 Å². The maximum absolute atomic E-state index is 13.3. The molecule has 3 rings (SSSR count). The van der Waals surface area contributed by atoms with Gasteiger partial charge in [-0.1, -0.05) is 18.2 Å². The van der Waals surface area contributed by atoms with Crippen molar-refractivity contribution in [1.82, 2.24) is 5.32 Å². The van der Waals surface area contributed by atoms with E-state index in [0.29, 0.717) is 12.0 Å². The second-order valence-corrected chi connectivity index (χ2v) is 6.45. The van der Waals surface area contributed by atoms with E-state index in [1.807, 2.05) is 24.3 Å². The predicted molar refractivity (Wildman–Crippen MR) is 94.6 cm³/mol. The highest BCUT2D eigenvalue weighted by atomic mass is 19.2. The molecule has 2 aromatic rings. The summed E-state index contributed by atoms with van der Waals surface area (Å²) in [5, 5.41) is 2.78.